The zero-order chi connectivity index (χ0) is 21.7. The van der Waals surface area contributed by atoms with Gasteiger partial charge in [-0.1, -0.05) is 4.49 Å². The van der Waals surface area contributed by atoms with Gasteiger partial charge < -0.3 is 15.5 Å². The smallest absolute Gasteiger partial charge is 0.313 e. The number of piperidine rings is 1. The van der Waals surface area contributed by atoms with Gasteiger partial charge >= 0.3 is 11.8 Å². The van der Waals surface area contributed by atoms with Gasteiger partial charge in [0.25, 0.3) is 11.6 Å². The first-order valence-corrected chi connectivity index (χ1v) is 10.0. The molecule has 1 aromatic carbocycles. The molecule has 0 spiro atoms. The third-order valence-corrected chi connectivity index (χ3v) is 5.66. The Morgan fingerprint density at radius 2 is 1.87 bits per heavy atom. The first kappa shape index (κ1) is 21.3. The Morgan fingerprint density at radius 3 is 2.43 bits per heavy atom. The Bertz CT molecular complexity index is 952. The summed E-state index contributed by atoms with van der Waals surface area (Å²) in [6.07, 6.45) is 1.42. The molecule has 2 N–H and O–H groups in total. The van der Waals surface area contributed by atoms with E-state index in [1.54, 1.807) is 11.8 Å². The van der Waals surface area contributed by atoms with Crippen molar-refractivity contribution in [1.82, 2.24) is 19.8 Å². The third-order valence-electron chi connectivity index (χ3n) is 4.84. The number of carbonyl (C=O) groups excluding carboxylic acids is 3. The summed E-state index contributed by atoms with van der Waals surface area (Å²) in [5.41, 5.74) is 0.808. The van der Waals surface area contributed by atoms with Crippen molar-refractivity contribution in [2.75, 3.05) is 25.0 Å². The van der Waals surface area contributed by atoms with Gasteiger partial charge in [0.05, 0.1) is 10.6 Å². The summed E-state index contributed by atoms with van der Waals surface area (Å²) in [5, 5.41) is 19.5. The molecule has 1 aromatic heterocycles. The molecule has 2 heterocycles. The number of hydrogen-bond acceptors (Lipinski definition) is 8. The second-order valence-electron chi connectivity index (χ2n) is 6.89. The number of hydrogen-bond donors (Lipinski definition) is 2. The van der Waals surface area contributed by atoms with Crippen LogP contribution in [0.2, 0.25) is 0 Å². The number of amides is 3. The van der Waals surface area contributed by atoms with E-state index in [9.17, 15) is 24.5 Å². The average molecular weight is 432 g/mol. The molecule has 0 saturated carbocycles. The minimum Gasteiger partial charge on any atom is -0.348 e. The van der Waals surface area contributed by atoms with Crippen LogP contribution in [-0.4, -0.2) is 56.8 Å². The predicted octanol–water partition coefficient (Wildman–Crippen LogP) is 1.36. The van der Waals surface area contributed by atoms with Crippen molar-refractivity contribution in [1.29, 1.82) is 0 Å². The van der Waals surface area contributed by atoms with E-state index in [2.05, 4.69) is 20.2 Å². The van der Waals surface area contributed by atoms with Crippen LogP contribution in [0.5, 0.6) is 0 Å². The molecule has 3 rings (SSSR count). The van der Waals surface area contributed by atoms with Crippen LogP contribution in [0.1, 0.15) is 28.2 Å². The minimum atomic E-state index is -0.843. The summed E-state index contributed by atoms with van der Waals surface area (Å²) >= 11 is 1.09. The highest BCUT2D eigenvalue weighted by Gasteiger charge is 2.26. The summed E-state index contributed by atoms with van der Waals surface area (Å²) in [4.78, 5) is 48.9. The highest BCUT2D eigenvalue weighted by atomic mass is 32.1. The minimum absolute atomic E-state index is 0.0764. The van der Waals surface area contributed by atoms with Gasteiger partial charge in [-0.25, -0.2) is 0 Å². The van der Waals surface area contributed by atoms with Gasteiger partial charge in [0, 0.05) is 37.5 Å². The third kappa shape index (κ3) is 5.14. The lowest BCUT2D eigenvalue weighted by atomic mass is 9.96. The molecule has 0 aliphatic carbocycles. The lowest BCUT2D eigenvalue weighted by Gasteiger charge is -2.31. The first-order valence-electron chi connectivity index (χ1n) is 9.27. The van der Waals surface area contributed by atoms with Crippen LogP contribution < -0.4 is 10.6 Å². The Labute approximate surface area is 175 Å². The van der Waals surface area contributed by atoms with Crippen LogP contribution in [0.25, 0.3) is 0 Å². The monoisotopic (exact) mass is 432 g/mol. The topological polar surface area (TPSA) is 147 Å². The molecular weight excluding hydrogens is 412 g/mol. The van der Waals surface area contributed by atoms with Crippen molar-refractivity contribution >= 4 is 40.6 Å². The molecule has 1 saturated heterocycles. The molecule has 0 bridgehead atoms. The SMILES string of the molecule is Cc1nnsc1C(=O)N1CCC(CNC(=O)C(=O)Nc2ccc([N+](=O)[O-])cc2)CC1. The zero-order valence-corrected chi connectivity index (χ0v) is 17.0. The largest absolute Gasteiger partial charge is 0.348 e. The molecule has 2 aromatic rings. The molecule has 0 atom stereocenters. The fourth-order valence-electron chi connectivity index (χ4n) is 3.08. The zero-order valence-electron chi connectivity index (χ0n) is 16.2. The van der Waals surface area contributed by atoms with Crippen molar-refractivity contribution in [2.45, 2.75) is 19.8 Å². The van der Waals surface area contributed by atoms with Crippen LogP contribution in [0, 0.1) is 23.0 Å². The molecule has 1 aliphatic heterocycles. The number of carbonyl (C=O) groups is 3. The fourth-order valence-corrected chi connectivity index (χ4v) is 3.71. The Hall–Kier alpha value is -3.41. The number of nitro benzene ring substituents is 1. The number of aryl methyl sites for hydroxylation is 1. The molecule has 1 fully saturated rings. The number of rotatable bonds is 5. The molecule has 1 aliphatic rings. The van der Waals surface area contributed by atoms with E-state index in [4.69, 9.17) is 0 Å². The van der Waals surface area contributed by atoms with Gasteiger partial charge in [-0.15, -0.1) is 5.10 Å². The van der Waals surface area contributed by atoms with Crippen molar-refractivity contribution < 1.29 is 19.3 Å². The number of non-ortho nitro benzene ring substituents is 1. The predicted molar refractivity (Wildman–Crippen MR) is 108 cm³/mol. The van der Waals surface area contributed by atoms with Crippen molar-refractivity contribution in [3.8, 4) is 0 Å². The van der Waals surface area contributed by atoms with E-state index in [1.807, 2.05) is 0 Å². The maximum atomic E-state index is 12.5. The van der Waals surface area contributed by atoms with Crippen LogP contribution in [0.4, 0.5) is 11.4 Å². The van der Waals surface area contributed by atoms with Crippen molar-refractivity contribution in [3.05, 3.63) is 45.0 Å². The molecule has 30 heavy (non-hydrogen) atoms. The Balaban J connectivity index is 1.42. The highest BCUT2D eigenvalue weighted by Crippen LogP contribution is 2.21. The number of nitrogens with one attached hydrogen (secondary N) is 2. The molecule has 0 radical (unpaired) electrons. The number of benzene rings is 1. The average Bonchev–Trinajstić information content (AvgIpc) is 3.18. The van der Waals surface area contributed by atoms with Gasteiger partial charge in [-0.05, 0) is 49.3 Å². The van der Waals surface area contributed by atoms with E-state index in [-0.39, 0.29) is 17.5 Å². The Kier molecular flexibility index (Phi) is 6.67. The molecule has 12 heteroatoms. The van der Waals surface area contributed by atoms with Gasteiger partial charge in [-0.2, -0.15) is 0 Å². The number of nitro groups is 1. The lowest BCUT2D eigenvalue weighted by Crippen LogP contribution is -2.43. The van der Waals surface area contributed by atoms with Gasteiger partial charge in [0.1, 0.15) is 4.88 Å². The quantitative estimate of drug-likeness (QED) is 0.412. The molecule has 11 nitrogen and oxygen atoms in total. The normalized spacial score (nSPS) is 14.2. The van der Waals surface area contributed by atoms with Crippen LogP contribution >= 0.6 is 11.5 Å². The number of anilines is 1. The maximum Gasteiger partial charge on any atom is 0.313 e. The van der Waals surface area contributed by atoms with Gasteiger partial charge in [0.2, 0.25) is 0 Å². The number of likely N-dealkylation sites (tertiary alicyclic amines) is 1. The first-order chi connectivity index (χ1) is 14.3. The van der Waals surface area contributed by atoms with E-state index < -0.39 is 16.7 Å². The molecule has 0 unspecified atom stereocenters. The summed E-state index contributed by atoms with van der Waals surface area (Å²) in [6.45, 7) is 3.20. The highest BCUT2D eigenvalue weighted by molar-refractivity contribution is 7.07. The number of nitrogens with zero attached hydrogens (tertiary/aromatic N) is 4. The lowest BCUT2D eigenvalue weighted by molar-refractivity contribution is -0.384. The fraction of sp³-hybridized carbons (Fsp3) is 0.389. The standard InChI is InChI=1S/C18H20N6O5S/c1-11-15(30-22-21-11)18(27)23-8-6-12(7-9-23)10-19-16(25)17(26)20-13-2-4-14(5-3-13)24(28)29/h2-5,12H,6-10H2,1H3,(H,19,25)(H,20,26). The van der Waals surface area contributed by atoms with Crippen LogP contribution in [0.15, 0.2) is 24.3 Å². The van der Waals surface area contributed by atoms with Crippen molar-refractivity contribution in [3.63, 3.8) is 0 Å². The molecule has 3 amide bonds. The van der Waals surface area contributed by atoms with E-state index in [0.717, 1.165) is 11.5 Å². The summed E-state index contributed by atoms with van der Waals surface area (Å²) in [5.74, 6) is -1.54. The van der Waals surface area contributed by atoms with E-state index >= 15 is 0 Å². The second kappa shape index (κ2) is 9.39. The number of aromatic nitrogens is 2. The van der Waals surface area contributed by atoms with E-state index in [1.165, 1.54) is 24.3 Å². The van der Waals surface area contributed by atoms with Gasteiger partial charge in [-0.3, -0.25) is 24.5 Å². The summed E-state index contributed by atoms with van der Waals surface area (Å²) < 4.78 is 3.79. The molecule has 158 valence electrons. The summed E-state index contributed by atoms with van der Waals surface area (Å²) in [7, 11) is 0. The Morgan fingerprint density at radius 1 is 1.20 bits per heavy atom. The molecular formula is C18H20N6O5S. The van der Waals surface area contributed by atoms with Crippen molar-refractivity contribution in [2.24, 2.45) is 5.92 Å². The maximum absolute atomic E-state index is 12.5. The van der Waals surface area contributed by atoms with Crippen LogP contribution in [0.3, 0.4) is 0 Å². The second-order valence-corrected chi connectivity index (χ2v) is 7.65. The summed E-state index contributed by atoms with van der Waals surface area (Å²) in [6, 6.07) is 5.20. The van der Waals surface area contributed by atoms with E-state index in [0.29, 0.717) is 48.7 Å². The van der Waals surface area contributed by atoms with Gasteiger partial charge in [0.15, 0.2) is 0 Å². The van der Waals surface area contributed by atoms with Crippen LogP contribution in [-0.2, 0) is 9.59 Å².